The number of halogens is 2. The number of ether oxygens (including phenoxy) is 2. The lowest BCUT2D eigenvalue weighted by molar-refractivity contribution is -0.119. The van der Waals surface area contributed by atoms with Gasteiger partial charge in [0.05, 0.1) is 17.7 Å². The van der Waals surface area contributed by atoms with Crippen LogP contribution in [0.1, 0.15) is 10.4 Å². The number of carbonyl (C=O) groups is 2. The van der Waals surface area contributed by atoms with E-state index in [1.807, 2.05) is 28.7 Å². The van der Waals surface area contributed by atoms with Gasteiger partial charge in [-0.05, 0) is 52.9 Å². The maximum Gasteiger partial charge on any atom is 0.339 e. The molecule has 0 aliphatic carbocycles. The number of anilines is 1. The highest BCUT2D eigenvalue weighted by molar-refractivity contribution is 14.1. The van der Waals surface area contributed by atoms with Crippen LogP contribution in [0.25, 0.3) is 0 Å². The molecule has 0 fully saturated rings. The van der Waals surface area contributed by atoms with Crippen LogP contribution in [0.3, 0.4) is 0 Å². The van der Waals surface area contributed by atoms with Gasteiger partial charge in [-0.15, -0.1) is 0 Å². The lowest BCUT2D eigenvalue weighted by Gasteiger charge is -2.09. The van der Waals surface area contributed by atoms with Crippen molar-refractivity contribution < 1.29 is 19.1 Å². The van der Waals surface area contributed by atoms with E-state index in [9.17, 15) is 9.59 Å². The number of nitrogens with one attached hydrogen (secondary N) is 1. The minimum absolute atomic E-state index is 0.376. The van der Waals surface area contributed by atoms with Crippen LogP contribution in [-0.2, 0) is 9.53 Å². The van der Waals surface area contributed by atoms with E-state index in [0.29, 0.717) is 22.0 Å². The molecule has 0 bridgehead atoms. The second kappa shape index (κ2) is 8.16. The number of amides is 1. The lowest BCUT2D eigenvalue weighted by atomic mass is 10.2. The normalized spacial score (nSPS) is 10.0. The highest BCUT2D eigenvalue weighted by Gasteiger charge is 2.13. The summed E-state index contributed by atoms with van der Waals surface area (Å²) in [5.74, 6) is -0.488. The van der Waals surface area contributed by atoms with Crippen molar-refractivity contribution in [3.63, 3.8) is 0 Å². The Balaban J connectivity index is 1.91. The molecular weight excluding hydrogens is 433 g/mol. The lowest BCUT2D eigenvalue weighted by Crippen LogP contribution is -2.21. The van der Waals surface area contributed by atoms with Crippen molar-refractivity contribution in [3.8, 4) is 5.75 Å². The molecule has 0 aliphatic rings. The third-order valence-electron chi connectivity index (χ3n) is 2.86. The molecule has 0 spiro atoms. The second-order valence-electron chi connectivity index (χ2n) is 4.45. The van der Waals surface area contributed by atoms with E-state index in [2.05, 4.69) is 5.32 Å². The van der Waals surface area contributed by atoms with Gasteiger partial charge >= 0.3 is 5.97 Å². The first kappa shape index (κ1) is 17.6. The van der Waals surface area contributed by atoms with Crippen LogP contribution in [0, 0.1) is 3.57 Å². The van der Waals surface area contributed by atoms with Gasteiger partial charge in [-0.1, -0.05) is 23.7 Å². The van der Waals surface area contributed by atoms with Crippen molar-refractivity contribution in [2.75, 3.05) is 19.0 Å². The Morgan fingerprint density at radius 2 is 1.96 bits per heavy atom. The van der Waals surface area contributed by atoms with Gasteiger partial charge in [-0.2, -0.15) is 0 Å². The largest absolute Gasteiger partial charge is 0.495 e. The number of methoxy groups -OCH3 is 1. The smallest absolute Gasteiger partial charge is 0.339 e. The van der Waals surface area contributed by atoms with Gasteiger partial charge in [0.2, 0.25) is 0 Å². The summed E-state index contributed by atoms with van der Waals surface area (Å²) in [5, 5.41) is 2.97. The SMILES string of the molecule is COc1ccc(NC(=O)COC(=O)c2ccccc2I)cc1Cl. The van der Waals surface area contributed by atoms with Gasteiger partial charge in [-0.3, -0.25) is 4.79 Å². The van der Waals surface area contributed by atoms with Gasteiger partial charge < -0.3 is 14.8 Å². The quantitative estimate of drug-likeness (QED) is 0.562. The summed E-state index contributed by atoms with van der Waals surface area (Å²) < 4.78 is 10.8. The van der Waals surface area contributed by atoms with Crippen LogP contribution in [0.4, 0.5) is 5.69 Å². The Labute approximate surface area is 152 Å². The first-order chi connectivity index (χ1) is 11.0. The van der Waals surface area contributed by atoms with E-state index in [-0.39, 0.29) is 6.61 Å². The molecule has 1 N–H and O–H groups in total. The van der Waals surface area contributed by atoms with Crippen LogP contribution in [-0.4, -0.2) is 25.6 Å². The van der Waals surface area contributed by atoms with Gasteiger partial charge in [0.15, 0.2) is 6.61 Å². The molecule has 120 valence electrons. The monoisotopic (exact) mass is 445 g/mol. The van der Waals surface area contributed by atoms with Crippen LogP contribution < -0.4 is 10.1 Å². The predicted octanol–water partition coefficient (Wildman–Crippen LogP) is 3.75. The van der Waals surface area contributed by atoms with E-state index >= 15 is 0 Å². The van der Waals surface area contributed by atoms with Gasteiger partial charge in [0.25, 0.3) is 5.91 Å². The van der Waals surface area contributed by atoms with Crippen molar-refractivity contribution in [2.24, 2.45) is 0 Å². The molecule has 0 heterocycles. The molecule has 0 aliphatic heterocycles. The number of carbonyl (C=O) groups excluding carboxylic acids is 2. The minimum Gasteiger partial charge on any atom is -0.495 e. The molecule has 2 aromatic rings. The second-order valence-corrected chi connectivity index (χ2v) is 6.02. The first-order valence-electron chi connectivity index (χ1n) is 6.56. The first-order valence-corrected chi connectivity index (χ1v) is 8.02. The topological polar surface area (TPSA) is 64.6 Å². The predicted molar refractivity (Wildman–Crippen MR) is 96.1 cm³/mol. The van der Waals surface area contributed by atoms with Crippen LogP contribution in [0.15, 0.2) is 42.5 Å². The molecule has 23 heavy (non-hydrogen) atoms. The molecule has 1 amide bonds. The molecule has 2 aromatic carbocycles. The number of hydrogen-bond acceptors (Lipinski definition) is 4. The van der Waals surface area contributed by atoms with Crippen LogP contribution >= 0.6 is 34.2 Å². The van der Waals surface area contributed by atoms with Gasteiger partial charge in [-0.25, -0.2) is 4.79 Å². The van der Waals surface area contributed by atoms with Crippen molar-refractivity contribution >= 4 is 51.8 Å². The maximum atomic E-state index is 11.9. The number of hydrogen-bond donors (Lipinski definition) is 1. The van der Waals surface area contributed by atoms with Gasteiger partial charge in [0.1, 0.15) is 5.75 Å². The van der Waals surface area contributed by atoms with Crippen LogP contribution in [0.2, 0.25) is 5.02 Å². The van der Waals surface area contributed by atoms with Crippen LogP contribution in [0.5, 0.6) is 5.75 Å². The Bertz CT molecular complexity index is 736. The summed E-state index contributed by atoms with van der Waals surface area (Å²) in [4.78, 5) is 23.7. The molecule has 0 unspecified atom stereocenters. The Morgan fingerprint density at radius 1 is 1.22 bits per heavy atom. The van der Waals surface area contributed by atoms with Gasteiger partial charge in [0, 0.05) is 9.26 Å². The average molecular weight is 446 g/mol. The third-order valence-corrected chi connectivity index (χ3v) is 4.10. The molecule has 0 saturated carbocycles. The zero-order valence-electron chi connectivity index (χ0n) is 12.1. The fourth-order valence-electron chi connectivity index (χ4n) is 1.78. The standard InChI is InChI=1S/C16H13ClINO4/c1-22-14-7-6-10(8-12(14)17)19-15(20)9-23-16(21)11-4-2-3-5-13(11)18/h2-8H,9H2,1H3,(H,19,20). The number of benzene rings is 2. The van der Waals surface area contributed by atoms with Crippen molar-refractivity contribution in [3.05, 3.63) is 56.6 Å². The number of rotatable bonds is 5. The molecule has 7 heteroatoms. The fraction of sp³-hybridized carbons (Fsp3) is 0.125. The summed E-state index contributed by atoms with van der Waals surface area (Å²) >= 11 is 8.01. The van der Waals surface area contributed by atoms with E-state index in [4.69, 9.17) is 21.1 Å². The summed E-state index contributed by atoms with van der Waals surface area (Å²) in [6.07, 6.45) is 0. The summed E-state index contributed by atoms with van der Waals surface area (Å²) in [6, 6.07) is 11.8. The summed E-state index contributed by atoms with van der Waals surface area (Å²) in [6.45, 7) is -0.381. The van der Waals surface area contributed by atoms with E-state index < -0.39 is 11.9 Å². The molecule has 0 aromatic heterocycles. The molecule has 0 atom stereocenters. The molecule has 0 saturated heterocycles. The highest BCUT2D eigenvalue weighted by Crippen LogP contribution is 2.27. The van der Waals surface area contributed by atoms with E-state index in [1.54, 1.807) is 36.4 Å². The zero-order valence-corrected chi connectivity index (χ0v) is 15.1. The molecular formula is C16H13ClINO4. The Morgan fingerprint density at radius 3 is 2.61 bits per heavy atom. The maximum absolute atomic E-state index is 11.9. The Hall–Kier alpha value is -1.80. The zero-order chi connectivity index (χ0) is 16.8. The molecule has 2 rings (SSSR count). The minimum atomic E-state index is -0.544. The Kier molecular flexibility index (Phi) is 6.23. The average Bonchev–Trinajstić information content (AvgIpc) is 2.53. The third kappa shape index (κ3) is 4.84. The van der Waals surface area contributed by atoms with Crippen molar-refractivity contribution in [1.82, 2.24) is 0 Å². The molecule has 0 radical (unpaired) electrons. The number of esters is 1. The highest BCUT2D eigenvalue weighted by atomic mass is 127. The van der Waals surface area contributed by atoms with E-state index in [1.165, 1.54) is 7.11 Å². The van der Waals surface area contributed by atoms with E-state index in [0.717, 1.165) is 3.57 Å². The molecule has 5 nitrogen and oxygen atoms in total. The van der Waals surface area contributed by atoms with Crippen molar-refractivity contribution in [2.45, 2.75) is 0 Å². The van der Waals surface area contributed by atoms with Crippen molar-refractivity contribution in [1.29, 1.82) is 0 Å². The summed E-state index contributed by atoms with van der Waals surface area (Å²) in [5.41, 5.74) is 0.916. The summed E-state index contributed by atoms with van der Waals surface area (Å²) in [7, 11) is 1.50. The fourth-order valence-corrected chi connectivity index (χ4v) is 2.64.